The van der Waals surface area contributed by atoms with Crippen molar-refractivity contribution in [2.24, 2.45) is 0 Å². The van der Waals surface area contributed by atoms with Crippen molar-refractivity contribution in [3.63, 3.8) is 0 Å². The standard InChI is InChI=1S/C4H6BrNO2/c5-3-1-2-6(8)4(3)7/h3,8H,1-2H2. The summed E-state index contributed by atoms with van der Waals surface area (Å²) in [6, 6.07) is 0. The van der Waals surface area contributed by atoms with Gasteiger partial charge in [0.1, 0.15) is 0 Å². The van der Waals surface area contributed by atoms with Crippen LogP contribution in [0.25, 0.3) is 0 Å². The third-order valence-corrected chi connectivity index (χ3v) is 1.97. The predicted octanol–water partition coefficient (Wildman–Crippen LogP) is 0.371. The van der Waals surface area contributed by atoms with Gasteiger partial charge in [-0.3, -0.25) is 10.0 Å². The smallest absolute Gasteiger partial charge is 0.259 e. The van der Waals surface area contributed by atoms with Crippen LogP contribution in [0.1, 0.15) is 6.42 Å². The van der Waals surface area contributed by atoms with Crippen LogP contribution in [-0.4, -0.2) is 27.5 Å². The van der Waals surface area contributed by atoms with Crippen LogP contribution in [-0.2, 0) is 4.79 Å². The quantitative estimate of drug-likeness (QED) is 0.432. The molecule has 1 fully saturated rings. The van der Waals surface area contributed by atoms with Gasteiger partial charge in [0.25, 0.3) is 5.91 Å². The third kappa shape index (κ3) is 0.855. The van der Waals surface area contributed by atoms with E-state index in [2.05, 4.69) is 15.9 Å². The lowest BCUT2D eigenvalue weighted by Gasteiger charge is -2.02. The summed E-state index contributed by atoms with van der Waals surface area (Å²) in [4.78, 5) is 10.4. The van der Waals surface area contributed by atoms with Gasteiger partial charge in [-0.05, 0) is 6.42 Å². The zero-order chi connectivity index (χ0) is 6.15. The van der Waals surface area contributed by atoms with Crippen LogP contribution in [0.5, 0.6) is 0 Å². The van der Waals surface area contributed by atoms with Crippen molar-refractivity contribution in [3.05, 3.63) is 0 Å². The maximum Gasteiger partial charge on any atom is 0.259 e. The summed E-state index contributed by atoms with van der Waals surface area (Å²) in [5, 5.41) is 9.36. The molecule has 1 unspecified atom stereocenters. The van der Waals surface area contributed by atoms with Crippen LogP contribution in [0.15, 0.2) is 0 Å². The maximum absolute atomic E-state index is 10.5. The third-order valence-electron chi connectivity index (χ3n) is 1.12. The number of amides is 1. The molecule has 1 amide bonds. The van der Waals surface area contributed by atoms with Crippen molar-refractivity contribution in [1.29, 1.82) is 0 Å². The van der Waals surface area contributed by atoms with E-state index >= 15 is 0 Å². The van der Waals surface area contributed by atoms with Gasteiger partial charge in [0.05, 0.1) is 11.4 Å². The summed E-state index contributed by atoms with van der Waals surface area (Å²) in [6.45, 7) is 0.453. The van der Waals surface area contributed by atoms with Crippen LogP contribution in [0.3, 0.4) is 0 Å². The molecular formula is C4H6BrNO2. The van der Waals surface area contributed by atoms with Gasteiger partial charge in [-0.15, -0.1) is 0 Å². The van der Waals surface area contributed by atoms with Crippen molar-refractivity contribution in [3.8, 4) is 0 Å². The molecule has 4 heteroatoms. The molecule has 0 aliphatic carbocycles. The average molecular weight is 180 g/mol. The first-order valence-corrected chi connectivity index (χ1v) is 3.27. The Morgan fingerprint density at radius 1 is 1.88 bits per heavy atom. The van der Waals surface area contributed by atoms with E-state index in [1.165, 1.54) is 0 Å². The second kappa shape index (κ2) is 2.03. The Kier molecular flexibility index (Phi) is 1.53. The molecule has 1 saturated heterocycles. The first-order chi connectivity index (χ1) is 3.72. The van der Waals surface area contributed by atoms with Gasteiger partial charge < -0.3 is 0 Å². The van der Waals surface area contributed by atoms with E-state index in [0.29, 0.717) is 13.0 Å². The van der Waals surface area contributed by atoms with Crippen LogP contribution in [0, 0.1) is 0 Å². The Bertz CT molecular complexity index is 105. The second-order valence-electron chi connectivity index (χ2n) is 1.72. The van der Waals surface area contributed by atoms with Gasteiger partial charge in [-0.2, -0.15) is 0 Å². The first kappa shape index (κ1) is 6.04. The van der Waals surface area contributed by atoms with Crippen molar-refractivity contribution in [1.82, 2.24) is 5.06 Å². The Morgan fingerprint density at radius 2 is 2.50 bits per heavy atom. The van der Waals surface area contributed by atoms with Crippen molar-refractivity contribution >= 4 is 21.8 Å². The highest BCUT2D eigenvalue weighted by atomic mass is 79.9. The second-order valence-corrected chi connectivity index (χ2v) is 2.82. The van der Waals surface area contributed by atoms with Gasteiger partial charge in [0.2, 0.25) is 0 Å². The Balaban J connectivity index is 2.57. The fourth-order valence-electron chi connectivity index (χ4n) is 0.631. The molecule has 0 saturated carbocycles. The number of halogens is 1. The Hall–Kier alpha value is -0.0900. The Morgan fingerprint density at radius 3 is 2.62 bits per heavy atom. The molecule has 1 N–H and O–H groups in total. The van der Waals surface area contributed by atoms with E-state index in [4.69, 9.17) is 5.21 Å². The monoisotopic (exact) mass is 179 g/mol. The number of hydrogen-bond donors (Lipinski definition) is 1. The number of hydrogen-bond acceptors (Lipinski definition) is 2. The molecular weight excluding hydrogens is 174 g/mol. The molecule has 0 aromatic heterocycles. The number of rotatable bonds is 0. The number of nitrogens with zero attached hydrogens (tertiary/aromatic N) is 1. The molecule has 0 bridgehead atoms. The van der Waals surface area contributed by atoms with Gasteiger partial charge in [-0.25, -0.2) is 5.06 Å². The zero-order valence-electron chi connectivity index (χ0n) is 4.17. The van der Waals surface area contributed by atoms with Crippen molar-refractivity contribution < 1.29 is 10.0 Å². The lowest BCUT2D eigenvalue weighted by Crippen LogP contribution is -2.23. The molecule has 46 valence electrons. The summed E-state index contributed by atoms with van der Waals surface area (Å²) >= 11 is 3.09. The van der Waals surface area contributed by atoms with Crippen molar-refractivity contribution in [2.45, 2.75) is 11.2 Å². The molecule has 1 atom stereocenters. The summed E-state index contributed by atoms with van der Waals surface area (Å²) in [5.74, 6) is -0.231. The topological polar surface area (TPSA) is 40.5 Å². The SMILES string of the molecule is O=C1C(Br)CCN1O. The van der Waals surface area contributed by atoms with Gasteiger partial charge in [0.15, 0.2) is 0 Å². The lowest BCUT2D eigenvalue weighted by atomic mass is 10.4. The maximum atomic E-state index is 10.5. The highest BCUT2D eigenvalue weighted by molar-refractivity contribution is 9.10. The van der Waals surface area contributed by atoms with E-state index in [1.807, 2.05) is 0 Å². The normalized spacial score (nSPS) is 29.5. The van der Waals surface area contributed by atoms with E-state index in [-0.39, 0.29) is 10.7 Å². The highest BCUT2D eigenvalue weighted by Gasteiger charge is 2.27. The minimum absolute atomic E-state index is 0.160. The molecule has 1 heterocycles. The Labute approximate surface area is 55.4 Å². The van der Waals surface area contributed by atoms with Gasteiger partial charge in [-0.1, -0.05) is 15.9 Å². The van der Waals surface area contributed by atoms with E-state index in [1.54, 1.807) is 0 Å². The van der Waals surface area contributed by atoms with Crippen LogP contribution < -0.4 is 0 Å². The summed E-state index contributed by atoms with van der Waals surface area (Å²) in [6.07, 6.45) is 0.704. The van der Waals surface area contributed by atoms with E-state index in [9.17, 15) is 4.79 Å². The number of carbonyl (C=O) groups is 1. The van der Waals surface area contributed by atoms with Crippen LogP contribution >= 0.6 is 15.9 Å². The number of alkyl halides is 1. The summed E-state index contributed by atoms with van der Waals surface area (Å²) in [7, 11) is 0. The van der Waals surface area contributed by atoms with E-state index in [0.717, 1.165) is 5.06 Å². The number of carbonyl (C=O) groups excluding carboxylic acids is 1. The predicted molar refractivity (Wildman–Crippen MR) is 30.8 cm³/mol. The van der Waals surface area contributed by atoms with Gasteiger partial charge >= 0.3 is 0 Å². The molecule has 1 aliphatic rings. The molecule has 0 aromatic rings. The highest BCUT2D eigenvalue weighted by Crippen LogP contribution is 2.15. The molecule has 0 spiro atoms. The molecule has 8 heavy (non-hydrogen) atoms. The van der Waals surface area contributed by atoms with Crippen molar-refractivity contribution in [2.75, 3.05) is 6.54 Å². The summed E-state index contributed by atoms with van der Waals surface area (Å²) < 4.78 is 0. The minimum atomic E-state index is -0.231. The molecule has 1 aliphatic heterocycles. The lowest BCUT2D eigenvalue weighted by molar-refractivity contribution is -0.156. The number of hydroxylamine groups is 2. The first-order valence-electron chi connectivity index (χ1n) is 2.36. The van der Waals surface area contributed by atoms with Crippen LogP contribution in [0.4, 0.5) is 0 Å². The molecule has 0 aromatic carbocycles. The summed E-state index contributed by atoms with van der Waals surface area (Å²) in [5.41, 5.74) is 0. The zero-order valence-corrected chi connectivity index (χ0v) is 5.76. The van der Waals surface area contributed by atoms with E-state index < -0.39 is 0 Å². The largest absolute Gasteiger partial charge is 0.286 e. The molecule has 1 rings (SSSR count). The molecule has 3 nitrogen and oxygen atoms in total. The fraction of sp³-hybridized carbons (Fsp3) is 0.750. The average Bonchev–Trinajstić information content (AvgIpc) is 1.98. The van der Waals surface area contributed by atoms with Crippen LogP contribution in [0.2, 0.25) is 0 Å². The van der Waals surface area contributed by atoms with Gasteiger partial charge in [0, 0.05) is 0 Å². The fourth-order valence-corrected chi connectivity index (χ4v) is 1.07. The minimum Gasteiger partial charge on any atom is -0.286 e. The molecule has 0 radical (unpaired) electrons.